The lowest BCUT2D eigenvalue weighted by Crippen LogP contribution is -1.70. The highest BCUT2D eigenvalue weighted by Crippen LogP contribution is 1.88. The monoisotopic (exact) mass is 81.0 g/mol. The standard InChI is InChI=1S/H4NO2P/c1-4-3-2/h2,4H,1H2. The SMILES string of the molecule is NPOO. The minimum absolute atomic E-state index is 0.304. The fourth-order valence-corrected chi connectivity index (χ4v) is 0. The third-order valence-electron chi connectivity index (χ3n) is 0.0527. The van der Waals surface area contributed by atoms with E-state index < -0.39 is 0 Å². The van der Waals surface area contributed by atoms with Crippen molar-refractivity contribution >= 4 is 8.96 Å². The molecular weight excluding hydrogens is 77.0 g/mol. The second-order valence-corrected chi connectivity index (χ2v) is 0.627. The molecule has 0 aromatic heterocycles. The molecule has 3 N–H and O–H groups in total. The summed E-state index contributed by atoms with van der Waals surface area (Å²) in [5.74, 6) is 0. The van der Waals surface area contributed by atoms with Gasteiger partial charge in [-0.15, -0.1) is 0 Å². The van der Waals surface area contributed by atoms with E-state index in [0.717, 1.165) is 0 Å². The van der Waals surface area contributed by atoms with Gasteiger partial charge in [-0.1, -0.05) is 0 Å². The first-order chi connectivity index (χ1) is 1.91. The normalized spacial score (nSPS) is 10.5. The molecule has 0 heterocycles. The predicted octanol–water partition coefficient (Wildman–Crippen LogP) is -0.0568. The molecule has 1 unspecified atom stereocenters. The number of rotatable bonds is 1. The van der Waals surface area contributed by atoms with Gasteiger partial charge < -0.3 is 0 Å². The minimum atomic E-state index is -0.304. The van der Waals surface area contributed by atoms with Crippen LogP contribution in [0.2, 0.25) is 0 Å². The average Bonchev–Trinajstić information content (AvgIpc) is 1.37. The van der Waals surface area contributed by atoms with Crippen molar-refractivity contribution in [3.63, 3.8) is 0 Å². The Labute approximate surface area is 25.6 Å². The van der Waals surface area contributed by atoms with Crippen LogP contribution in [0.15, 0.2) is 0 Å². The van der Waals surface area contributed by atoms with E-state index in [1.54, 1.807) is 0 Å². The van der Waals surface area contributed by atoms with Gasteiger partial charge >= 0.3 is 0 Å². The Morgan fingerprint density at radius 3 is 2.25 bits per heavy atom. The van der Waals surface area contributed by atoms with Crippen molar-refractivity contribution in [3.05, 3.63) is 0 Å². The van der Waals surface area contributed by atoms with Gasteiger partial charge in [-0.25, -0.2) is 9.93 Å². The van der Waals surface area contributed by atoms with Crippen LogP contribution >= 0.6 is 8.96 Å². The summed E-state index contributed by atoms with van der Waals surface area (Å²) >= 11 is 0. The highest BCUT2D eigenvalue weighted by molar-refractivity contribution is 7.28. The Bertz CT molecular complexity index is 8.00. The lowest BCUT2D eigenvalue weighted by molar-refractivity contribution is -0.122. The number of nitrogens with two attached hydrogens (primary N) is 1. The maximum absolute atomic E-state index is 7.26. The zero-order valence-corrected chi connectivity index (χ0v) is 2.93. The Hall–Kier alpha value is 0.310. The summed E-state index contributed by atoms with van der Waals surface area (Å²) in [4.78, 5) is 0. The van der Waals surface area contributed by atoms with Crippen LogP contribution in [-0.2, 0) is 4.67 Å². The highest BCUT2D eigenvalue weighted by atomic mass is 31.1. The molecule has 0 bridgehead atoms. The number of hydrogen-bond acceptors (Lipinski definition) is 3. The molecule has 4 heavy (non-hydrogen) atoms. The van der Waals surface area contributed by atoms with Gasteiger partial charge in [-0.2, -0.15) is 0 Å². The van der Waals surface area contributed by atoms with E-state index >= 15 is 0 Å². The lowest BCUT2D eigenvalue weighted by atomic mass is 13.9. The van der Waals surface area contributed by atoms with Gasteiger partial charge in [0.25, 0.3) is 0 Å². The van der Waals surface area contributed by atoms with E-state index in [0.29, 0.717) is 0 Å². The molecule has 0 aliphatic carbocycles. The molecule has 3 nitrogen and oxygen atoms in total. The van der Waals surface area contributed by atoms with Gasteiger partial charge in [0.05, 0.1) is 0 Å². The van der Waals surface area contributed by atoms with Crippen molar-refractivity contribution in [2.24, 2.45) is 5.50 Å². The summed E-state index contributed by atoms with van der Waals surface area (Å²) in [5.41, 5.74) is 4.58. The summed E-state index contributed by atoms with van der Waals surface area (Å²) in [7, 11) is -0.304. The van der Waals surface area contributed by atoms with Crippen molar-refractivity contribution in [1.82, 2.24) is 0 Å². The molecular formula is H4NO2P. The van der Waals surface area contributed by atoms with Crippen LogP contribution in [0.5, 0.6) is 0 Å². The molecule has 0 rings (SSSR count). The molecule has 0 saturated carbocycles. The molecule has 0 saturated heterocycles. The Morgan fingerprint density at radius 1 is 2.00 bits per heavy atom. The van der Waals surface area contributed by atoms with Gasteiger partial charge in [0.2, 0.25) is 0 Å². The molecule has 0 aliphatic heterocycles. The predicted molar refractivity (Wildman–Crippen MR) is 16.2 cm³/mol. The van der Waals surface area contributed by atoms with Gasteiger partial charge in [0, 0.05) is 0 Å². The first-order valence-electron chi connectivity index (χ1n) is 0.675. The molecule has 0 amide bonds. The van der Waals surface area contributed by atoms with Crippen LogP contribution in [0.4, 0.5) is 0 Å². The number of hydrogen-bond donors (Lipinski definition) is 2. The van der Waals surface area contributed by atoms with Crippen LogP contribution in [0.1, 0.15) is 0 Å². The van der Waals surface area contributed by atoms with Gasteiger partial charge in [-0.3, -0.25) is 5.50 Å². The summed E-state index contributed by atoms with van der Waals surface area (Å²) in [5, 5.41) is 7.26. The van der Waals surface area contributed by atoms with Crippen LogP contribution in [0.3, 0.4) is 0 Å². The van der Waals surface area contributed by atoms with E-state index in [-0.39, 0.29) is 8.96 Å². The molecule has 0 aromatic carbocycles. The van der Waals surface area contributed by atoms with Crippen LogP contribution in [0.25, 0.3) is 0 Å². The smallest absolute Gasteiger partial charge is 0.125 e. The lowest BCUT2D eigenvalue weighted by Gasteiger charge is -1.73. The highest BCUT2D eigenvalue weighted by Gasteiger charge is 1.53. The van der Waals surface area contributed by atoms with E-state index in [2.05, 4.69) is 10.2 Å². The van der Waals surface area contributed by atoms with E-state index in [9.17, 15) is 0 Å². The van der Waals surface area contributed by atoms with Gasteiger partial charge in [0.1, 0.15) is 8.96 Å². The molecule has 1 atom stereocenters. The fourth-order valence-electron chi connectivity index (χ4n) is 0. The molecule has 26 valence electrons. The maximum atomic E-state index is 7.26. The van der Waals surface area contributed by atoms with Crippen molar-refractivity contribution in [2.45, 2.75) is 0 Å². The summed E-state index contributed by atoms with van der Waals surface area (Å²) in [6, 6.07) is 0. The van der Waals surface area contributed by atoms with Crippen molar-refractivity contribution in [2.75, 3.05) is 0 Å². The Balaban J connectivity index is 1.97. The molecule has 0 aromatic rings. The van der Waals surface area contributed by atoms with Crippen molar-refractivity contribution < 1.29 is 9.93 Å². The average molecular weight is 81.0 g/mol. The molecule has 0 radical (unpaired) electrons. The van der Waals surface area contributed by atoms with Gasteiger partial charge in [0.15, 0.2) is 0 Å². The zero-order valence-electron chi connectivity index (χ0n) is 1.93. The van der Waals surface area contributed by atoms with E-state index in [1.807, 2.05) is 0 Å². The third-order valence-corrected chi connectivity index (χ3v) is 0.158. The van der Waals surface area contributed by atoms with Crippen molar-refractivity contribution in [1.29, 1.82) is 0 Å². The fraction of sp³-hybridized carbons (Fsp3) is 0. The summed E-state index contributed by atoms with van der Waals surface area (Å²) in [6.45, 7) is 0. The summed E-state index contributed by atoms with van der Waals surface area (Å²) < 4.78 is 3.35. The quantitative estimate of drug-likeness (QED) is 0.264. The Morgan fingerprint density at radius 2 is 2.25 bits per heavy atom. The van der Waals surface area contributed by atoms with E-state index in [1.165, 1.54) is 0 Å². The molecule has 0 fully saturated rings. The first kappa shape index (κ1) is 4.31. The van der Waals surface area contributed by atoms with Crippen LogP contribution < -0.4 is 5.50 Å². The van der Waals surface area contributed by atoms with E-state index in [4.69, 9.17) is 5.26 Å². The largest absolute Gasteiger partial charge is 0.288 e. The topological polar surface area (TPSA) is 55.5 Å². The second-order valence-electron chi connectivity index (χ2n) is 0.209. The maximum Gasteiger partial charge on any atom is 0.125 e. The molecule has 0 spiro atoms. The minimum Gasteiger partial charge on any atom is -0.288 e. The molecule has 4 heteroatoms. The van der Waals surface area contributed by atoms with Gasteiger partial charge in [-0.05, 0) is 0 Å². The zero-order chi connectivity index (χ0) is 3.41. The van der Waals surface area contributed by atoms with Crippen LogP contribution in [-0.4, -0.2) is 5.26 Å². The Kier molecular flexibility index (Phi) is 3.57. The third kappa shape index (κ3) is 2.31. The second kappa shape index (κ2) is 3.31. The first-order valence-corrected chi connectivity index (χ1v) is 1.66. The van der Waals surface area contributed by atoms with Crippen LogP contribution in [0, 0.1) is 0 Å². The molecule has 0 aliphatic rings. The van der Waals surface area contributed by atoms with Crippen molar-refractivity contribution in [3.8, 4) is 0 Å². The summed E-state index contributed by atoms with van der Waals surface area (Å²) in [6.07, 6.45) is 0.